The fourth-order valence-corrected chi connectivity index (χ4v) is 4.55. The first-order valence-corrected chi connectivity index (χ1v) is 10.8. The Kier molecular flexibility index (Phi) is 5.29. The number of anilines is 1. The monoisotopic (exact) mass is 464 g/mol. The second kappa shape index (κ2) is 8.16. The Labute approximate surface area is 187 Å². The molecule has 0 radical (unpaired) electrons. The van der Waals surface area contributed by atoms with E-state index in [9.17, 15) is 22.8 Å². The van der Waals surface area contributed by atoms with Crippen LogP contribution in [0.25, 0.3) is 0 Å². The number of nitrogens with one attached hydrogen (secondary N) is 3. The predicted molar refractivity (Wildman–Crippen MR) is 111 cm³/mol. The van der Waals surface area contributed by atoms with Gasteiger partial charge in [-0.3, -0.25) is 15.0 Å². The molecule has 1 unspecified atom stereocenters. The number of halogens is 3. The van der Waals surface area contributed by atoms with Crippen molar-refractivity contribution in [2.24, 2.45) is 0 Å². The number of urea groups is 1. The summed E-state index contributed by atoms with van der Waals surface area (Å²) in [7, 11) is 0. The van der Waals surface area contributed by atoms with Crippen LogP contribution in [0.5, 0.6) is 5.75 Å². The van der Waals surface area contributed by atoms with Gasteiger partial charge in [0.15, 0.2) is 0 Å². The van der Waals surface area contributed by atoms with Gasteiger partial charge < -0.3 is 20.3 Å². The second-order valence-electron chi connectivity index (χ2n) is 8.37. The van der Waals surface area contributed by atoms with Gasteiger partial charge in [0, 0.05) is 13.1 Å². The third-order valence-electron chi connectivity index (χ3n) is 6.09. The molecule has 1 saturated heterocycles. The Hall–Kier alpha value is -3.44. The van der Waals surface area contributed by atoms with Crippen LogP contribution in [-0.4, -0.2) is 71.2 Å². The van der Waals surface area contributed by atoms with Gasteiger partial charge in [-0.15, -0.1) is 0 Å². The number of allylic oxidation sites excluding steroid dienone is 1. The fraction of sp³-hybridized carbons (Fsp3) is 0.476. The molecule has 2 atom stereocenters. The summed E-state index contributed by atoms with van der Waals surface area (Å²) in [5.41, 5.74) is 1.70. The Morgan fingerprint density at radius 2 is 2.18 bits per heavy atom. The van der Waals surface area contributed by atoms with E-state index in [0.29, 0.717) is 30.5 Å². The Morgan fingerprint density at radius 1 is 1.33 bits per heavy atom. The average molecular weight is 464 g/mol. The van der Waals surface area contributed by atoms with Gasteiger partial charge >= 0.3 is 12.2 Å². The number of carbonyl (C=O) groups is 2. The number of hydrogen-bond acceptors (Lipinski definition) is 6. The van der Waals surface area contributed by atoms with E-state index in [1.54, 1.807) is 23.2 Å². The highest BCUT2D eigenvalue weighted by molar-refractivity contribution is 5.91. The van der Waals surface area contributed by atoms with Gasteiger partial charge in [0.25, 0.3) is 0 Å². The summed E-state index contributed by atoms with van der Waals surface area (Å²) in [5.74, 6) is 0.676. The molecule has 3 amide bonds. The van der Waals surface area contributed by atoms with E-state index in [4.69, 9.17) is 4.74 Å². The molecule has 3 N–H and O–H groups in total. The number of ether oxygens (including phenoxy) is 1. The molecule has 4 aliphatic rings. The summed E-state index contributed by atoms with van der Waals surface area (Å²) >= 11 is 0. The Bertz CT molecular complexity index is 1040. The normalized spacial score (nSPS) is 23.4. The van der Waals surface area contributed by atoms with Crippen LogP contribution in [0.3, 0.4) is 0 Å². The number of hydrogen-bond donors (Lipinski definition) is 3. The van der Waals surface area contributed by atoms with Gasteiger partial charge in [-0.1, -0.05) is 6.08 Å². The number of pyridine rings is 1. The summed E-state index contributed by atoms with van der Waals surface area (Å²) in [5, 5.41) is 7.66. The molecule has 1 fully saturated rings. The number of alkyl halides is 3. The first-order chi connectivity index (χ1) is 15.8. The van der Waals surface area contributed by atoms with Gasteiger partial charge in [-0.2, -0.15) is 13.2 Å². The van der Waals surface area contributed by atoms with E-state index >= 15 is 0 Å². The van der Waals surface area contributed by atoms with Gasteiger partial charge in [0.1, 0.15) is 30.0 Å². The highest BCUT2D eigenvalue weighted by Gasteiger charge is 2.43. The molecule has 0 aromatic carbocycles. The number of nitrogens with zero attached hydrogens (tertiary/aromatic N) is 3. The van der Waals surface area contributed by atoms with Crippen LogP contribution in [0, 0.1) is 0 Å². The zero-order valence-corrected chi connectivity index (χ0v) is 17.6. The first kappa shape index (κ1) is 21.4. The molecule has 0 saturated carbocycles. The van der Waals surface area contributed by atoms with E-state index in [0.717, 1.165) is 37.1 Å². The molecule has 0 aliphatic carbocycles. The van der Waals surface area contributed by atoms with Crippen molar-refractivity contribution < 1.29 is 27.5 Å². The third-order valence-corrected chi connectivity index (χ3v) is 6.09. The number of amides is 3. The lowest BCUT2D eigenvalue weighted by atomic mass is 10.1. The average Bonchev–Trinajstić information content (AvgIpc) is 3.20. The van der Waals surface area contributed by atoms with Crippen LogP contribution in [0.15, 0.2) is 35.9 Å². The molecule has 33 heavy (non-hydrogen) atoms. The van der Waals surface area contributed by atoms with E-state index in [1.165, 1.54) is 6.08 Å². The minimum Gasteiger partial charge on any atom is -0.492 e. The SMILES string of the molecule is O=C(NCC(F)(F)F)C1C=CC2=C(N1)N(C(=O)Nc1cc3c(cn1)OCCC3)[C@H]1CCN2C1. The van der Waals surface area contributed by atoms with Crippen LogP contribution in [0.2, 0.25) is 0 Å². The van der Waals surface area contributed by atoms with Crippen molar-refractivity contribution in [3.8, 4) is 5.75 Å². The quantitative estimate of drug-likeness (QED) is 0.630. The Balaban J connectivity index is 1.34. The minimum absolute atomic E-state index is 0.136. The Morgan fingerprint density at radius 3 is 3.00 bits per heavy atom. The molecule has 0 spiro atoms. The molecule has 5 rings (SSSR count). The lowest BCUT2D eigenvalue weighted by Crippen LogP contribution is -2.56. The highest BCUT2D eigenvalue weighted by atomic mass is 19.4. The molecule has 5 heterocycles. The van der Waals surface area contributed by atoms with E-state index in [-0.39, 0.29) is 6.04 Å². The fourth-order valence-electron chi connectivity index (χ4n) is 4.55. The number of aromatic nitrogens is 1. The summed E-state index contributed by atoms with van der Waals surface area (Å²) in [6.45, 7) is 0.587. The zero-order chi connectivity index (χ0) is 23.2. The highest BCUT2D eigenvalue weighted by Crippen LogP contribution is 2.34. The topological polar surface area (TPSA) is 98.8 Å². The predicted octanol–water partition coefficient (Wildman–Crippen LogP) is 1.70. The maximum Gasteiger partial charge on any atom is 0.405 e. The molecule has 4 aliphatic heterocycles. The number of carbonyl (C=O) groups excluding carboxylic acids is 2. The van der Waals surface area contributed by atoms with Crippen LogP contribution in [0.4, 0.5) is 23.8 Å². The number of fused-ring (bicyclic) bond motifs is 4. The molecule has 12 heteroatoms. The van der Waals surface area contributed by atoms with Crippen LogP contribution in [-0.2, 0) is 11.2 Å². The smallest absolute Gasteiger partial charge is 0.405 e. The molecule has 1 aromatic rings. The summed E-state index contributed by atoms with van der Waals surface area (Å²) in [6.07, 6.45) is 2.71. The number of rotatable bonds is 3. The largest absolute Gasteiger partial charge is 0.492 e. The molecular formula is C21H23F3N6O3. The van der Waals surface area contributed by atoms with Crippen molar-refractivity contribution in [2.45, 2.75) is 37.5 Å². The molecular weight excluding hydrogens is 441 g/mol. The number of aryl methyl sites for hydroxylation is 1. The standard InChI is InChI=1S/C21H23F3N6O3/c22-21(23,24)11-26-19(31)14-3-4-15-18(27-14)30(13-5-6-29(15)10-13)20(32)28-17-8-12-2-1-7-33-16(12)9-25-17/h3-4,8-9,13-14,27H,1-2,5-7,10-11H2,(H,26,31)(H,25,28,32)/t13-,14?/m0/s1. The minimum atomic E-state index is -4.51. The number of dihydropyridines is 1. The van der Waals surface area contributed by atoms with Crippen molar-refractivity contribution in [2.75, 3.05) is 31.6 Å². The molecule has 9 nitrogen and oxygen atoms in total. The maximum absolute atomic E-state index is 13.3. The van der Waals surface area contributed by atoms with Crippen LogP contribution in [0.1, 0.15) is 18.4 Å². The maximum atomic E-state index is 13.3. The van der Waals surface area contributed by atoms with E-state index in [1.807, 2.05) is 5.32 Å². The van der Waals surface area contributed by atoms with Crippen molar-refractivity contribution in [3.05, 3.63) is 41.5 Å². The molecule has 176 valence electrons. The van der Waals surface area contributed by atoms with E-state index in [2.05, 4.69) is 20.5 Å². The lowest BCUT2D eigenvalue weighted by Gasteiger charge is -2.40. The summed E-state index contributed by atoms with van der Waals surface area (Å²) in [6, 6.07) is 0.200. The third kappa shape index (κ3) is 4.29. The van der Waals surface area contributed by atoms with Crippen molar-refractivity contribution in [1.29, 1.82) is 0 Å². The van der Waals surface area contributed by atoms with Gasteiger partial charge in [0.2, 0.25) is 5.91 Å². The second-order valence-corrected chi connectivity index (χ2v) is 8.37. The van der Waals surface area contributed by atoms with Crippen molar-refractivity contribution in [1.82, 2.24) is 25.4 Å². The van der Waals surface area contributed by atoms with Crippen LogP contribution >= 0.6 is 0 Å². The van der Waals surface area contributed by atoms with Crippen molar-refractivity contribution >= 4 is 17.8 Å². The van der Waals surface area contributed by atoms with Gasteiger partial charge in [-0.05, 0) is 37.0 Å². The first-order valence-electron chi connectivity index (χ1n) is 10.8. The summed E-state index contributed by atoms with van der Waals surface area (Å²) in [4.78, 5) is 33.5. The van der Waals surface area contributed by atoms with Crippen molar-refractivity contribution in [3.63, 3.8) is 0 Å². The molecule has 2 bridgehead atoms. The lowest BCUT2D eigenvalue weighted by molar-refractivity contribution is -0.138. The van der Waals surface area contributed by atoms with E-state index < -0.39 is 30.7 Å². The van der Waals surface area contributed by atoms with Crippen LogP contribution < -0.4 is 20.7 Å². The van der Waals surface area contributed by atoms with Gasteiger partial charge in [-0.25, -0.2) is 9.78 Å². The molecule has 1 aromatic heterocycles. The van der Waals surface area contributed by atoms with Gasteiger partial charge in [0.05, 0.1) is 24.5 Å². The zero-order valence-electron chi connectivity index (χ0n) is 17.6. The summed E-state index contributed by atoms with van der Waals surface area (Å²) < 4.78 is 43.1.